The lowest BCUT2D eigenvalue weighted by atomic mass is 10.0. The third kappa shape index (κ3) is 3.65. The van der Waals surface area contributed by atoms with E-state index in [4.69, 9.17) is 13.5 Å². The Balaban J connectivity index is 0.00000225. The van der Waals surface area contributed by atoms with Crippen LogP contribution in [0.15, 0.2) is 37.9 Å². The van der Waals surface area contributed by atoms with Gasteiger partial charge in [-0.2, -0.15) is 4.98 Å². The van der Waals surface area contributed by atoms with Crippen molar-refractivity contribution in [3.05, 3.63) is 36.0 Å². The van der Waals surface area contributed by atoms with Crippen LogP contribution < -0.4 is 5.32 Å². The first-order chi connectivity index (χ1) is 13.1. The SMILES string of the molecule is CNC(C)Cc1noc(-c2cc(-c3ccco3)nc3onc(C(C)C)c23)n1.Cl. The van der Waals surface area contributed by atoms with E-state index in [-0.39, 0.29) is 24.4 Å². The van der Waals surface area contributed by atoms with Crippen LogP contribution in [0.2, 0.25) is 0 Å². The molecular formula is C19H22ClN5O3. The number of hydrogen-bond acceptors (Lipinski definition) is 8. The van der Waals surface area contributed by atoms with Crippen LogP contribution in [0, 0.1) is 0 Å². The molecule has 1 unspecified atom stereocenters. The highest BCUT2D eigenvalue weighted by Gasteiger charge is 2.23. The summed E-state index contributed by atoms with van der Waals surface area (Å²) in [7, 11) is 1.90. The van der Waals surface area contributed by atoms with E-state index in [9.17, 15) is 0 Å². The molecule has 148 valence electrons. The van der Waals surface area contributed by atoms with Gasteiger partial charge in [-0.3, -0.25) is 0 Å². The average Bonchev–Trinajstić information content (AvgIpc) is 3.40. The van der Waals surface area contributed by atoms with E-state index < -0.39 is 0 Å². The molecule has 0 aliphatic carbocycles. The Labute approximate surface area is 168 Å². The molecule has 0 saturated carbocycles. The summed E-state index contributed by atoms with van der Waals surface area (Å²) in [6.45, 7) is 6.16. The number of furan rings is 1. The van der Waals surface area contributed by atoms with E-state index in [1.165, 1.54) is 0 Å². The van der Waals surface area contributed by atoms with Gasteiger partial charge < -0.3 is 18.8 Å². The van der Waals surface area contributed by atoms with Crippen molar-refractivity contribution in [2.24, 2.45) is 0 Å². The van der Waals surface area contributed by atoms with Crippen molar-refractivity contribution >= 4 is 23.5 Å². The standard InChI is InChI=1S/C19H21N5O3.ClH/c1-10(2)17-16-12(18-22-15(23-26-18)8-11(3)20-4)9-13(14-6-5-7-25-14)21-19(16)27-24-17;/h5-7,9-11,20H,8H2,1-4H3;1H. The van der Waals surface area contributed by atoms with Crippen molar-refractivity contribution in [2.45, 2.75) is 39.2 Å². The summed E-state index contributed by atoms with van der Waals surface area (Å²) in [6.07, 6.45) is 2.27. The molecule has 4 aromatic rings. The minimum atomic E-state index is 0. The molecule has 0 aliphatic rings. The fourth-order valence-electron chi connectivity index (χ4n) is 2.91. The Morgan fingerprint density at radius 1 is 1.11 bits per heavy atom. The van der Waals surface area contributed by atoms with E-state index in [0.29, 0.717) is 35.3 Å². The van der Waals surface area contributed by atoms with Gasteiger partial charge in [-0.25, -0.2) is 4.98 Å². The molecule has 0 bridgehead atoms. The molecular weight excluding hydrogens is 382 g/mol. The van der Waals surface area contributed by atoms with E-state index >= 15 is 0 Å². The molecule has 0 spiro atoms. The largest absolute Gasteiger partial charge is 0.463 e. The molecule has 4 rings (SSSR count). The Kier molecular flexibility index (Phi) is 5.81. The van der Waals surface area contributed by atoms with Crippen molar-refractivity contribution in [1.29, 1.82) is 0 Å². The number of aromatic nitrogens is 4. The van der Waals surface area contributed by atoms with Crippen LogP contribution in [0.1, 0.15) is 38.2 Å². The zero-order chi connectivity index (χ0) is 19.0. The maximum absolute atomic E-state index is 5.56. The fourth-order valence-corrected chi connectivity index (χ4v) is 2.91. The molecule has 4 aromatic heterocycles. The van der Waals surface area contributed by atoms with E-state index in [0.717, 1.165) is 16.6 Å². The van der Waals surface area contributed by atoms with Gasteiger partial charge in [0.1, 0.15) is 5.69 Å². The Morgan fingerprint density at radius 3 is 2.61 bits per heavy atom. The van der Waals surface area contributed by atoms with Crippen molar-refractivity contribution in [1.82, 2.24) is 25.6 Å². The Hall–Kier alpha value is -2.71. The van der Waals surface area contributed by atoms with Crippen molar-refractivity contribution in [3.8, 4) is 22.9 Å². The van der Waals surface area contributed by atoms with E-state index in [1.54, 1.807) is 6.26 Å². The fraction of sp³-hybridized carbons (Fsp3) is 0.368. The minimum absolute atomic E-state index is 0. The molecule has 0 fully saturated rings. The first-order valence-electron chi connectivity index (χ1n) is 8.91. The molecule has 4 heterocycles. The second kappa shape index (κ2) is 8.12. The number of halogens is 1. The van der Waals surface area contributed by atoms with Crippen LogP contribution in [0.25, 0.3) is 34.0 Å². The molecule has 1 N–H and O–H groups in total. The zero-order valence-corrected chi connectivity index (χ0v) is 16.9. The van der Waals surface area contributed by atoms with E-state index in [2.05, 4.69) is 46.4 Å². The number of nitrogens with zero attached hydrogens (tertiary/aromatic N) is 4. The molecule has 0 amide bonds. The van der Waals surface area contributed by atoms with Crippen LogP contribution in [0.4, 0.5) is 0 Å². The summed E-state index contributed by atoms with van der Waals surface area (Å²) in [5, 5.41) is 12.3. The minimum Gasteiger partial charge on any atom is -0.463 e. The molecule has 1 atom stereocenters. The van der Waals surface area contributed by atoms with Gasteiger partial charge in [-0.15, -0.1) is 12.4 Å². The smallest absolute Gasteiger partial charge is 0.259 e. The molecule has 8 nitrogen and oxygen atoms in total. The average molecular weight is 404 g/mol. The van der Waals surface area contributed by atoms with Crippen LogP contribution in [0.3, 0.4) is 0 Å². The van der Waals surface area contributed by atoms with Crippen LogP contribution in [0.5, 0.6) is 0 Å². The highest BCUT2D eigenvalue weighted by atomic mass is 35.5. The summed E-state index contributed by atoms with van der Waals surface area (Å²) in [6, 6.07) is 5.77. The Bertz CT molecular complexity index is 1060. The lowest BCUT2D eigenvalue weighted by Gasteiger charge is -2.05. The predicted molar refractivity (Wildman–Crippen MR) is 106 cm³/mol. The lowest BCUT2D eigenvalue weighted by molar-refractivity contribution is 0.418. The summed E-state index contributed by atoms with van der Waals surface area (Å²) in [5.74, 6) is 1.84. The van der Waals surface area contributed by atoms with Gasteiger partial charge in [0.15, 0.2) is 11.6 Å². The number of likely N-dealkylation sites (N-methyl/N-ethyl adjacent to an activating group) is 1. The third-order valence-corrected chi connectivity index (χ3v) is 4.47. The molecule has 28 heavy (non-hydrogen) atoms. The van der Waals surface area contributed by atoms with Crippen LogP contribution in [-0.2, 0) is 6.42 Å². The zero-order valence-electron chi connectivity index (χ0n) is 16.1. The normalized spacial score (nSPS) is 12.5. The summed E-state index contributed by atoms with van der Waals surface area (Å²) in [5.41, 5.74) is 2.59. The maximum Gasteiger partial charge on any atom is 0.259 e. The van der Waals surface area contributed by atoms with Gasteiger partial charge >= 0.3 is 0 Å². The molecule has 0 aromatic carbocycles. The molecule has 0 radical (unpaired) electrons. The monoisotopic (exact) mass is 403 g/mol. The van der Waals surface area contributed by atoms with Gasteiger partial charge in [0.05, 0.1) is 22.9 Å². The first kappa shape index (κ1) is 20.0. The summed E-state index contributed by atoms with van der Waals surface area (Å²) in [4.78, 5) is 9.13. The Morgan fingerprint density at radius 2 is 1.93 bits per heavy atom. The summed E-state index contributed by atoms with van der Waals surface area (Å²) < 4.78 is 16.5. The second-order valence-electron chi connectivity index (χ2n) is 6.84. The predicted octanol–water partition coefficient (Wildman–Crippen LogP) is 4.23. The van der Waals surface area contributed by atoms with Gasteiger partial charge in [0, 0.05) is 12.5 Å². The number of fused-ring (bicyclic) bond motifs is 1. The molecule has 0 aliphatic heterocycles. The third-order valence-electron chi connectivity index (χ3n) is 4.47. The van der Waals surface area contributed by atoms with E-state index in [1.807, 2.05) is 25.2 Å². The van der Waals surface area contributed by atoms with Gasteiger partial charge in [-0.05, 0) is 38.1 Å². The highest BCUT2D eigenvalue weighted by molar-refractivity contribution is 5.93. The van der Waals surface area contributed by atoms with Crippen LogP contribution in [-0.4, -0.2) is 33.4 Å². The van der Waals surface area contributed by atoms with Gasteiger partial charge in [-0.1, -0.05) is 24.2 Å². The van der Waals surface area contributed by atoms with Crippen LogP contribution >= 0.6 is 12.4 Å². The van der Waals surface area contributed by atoms with Gasteiger partial charge in [0.2, 0.25) is 0 Å². The number of rotatable bonds is 6. The molecule has 0 saturated heterocycles. The quantitative estimate of drug-likeness (QED) is 0.510. The summed E-state index contributed by atoms with van der Waals surface area (Å²) >= 11 is 0. The van der Waals surface area contributed by atoms with Crippen molar-refractivity contribution in [2.75, 3.05) is 7.05 Å². The highest BCUT2D eigenvalue weighted by Crippen LogP contribution is 2.35. The van der Waals surface area contributed by atoms with Crippen molar-refractivity contribution in [3.63, 3.8) is 0 Å². The molecule has 9 heteroatoms. The van der Waals surface area contributed by atoms with Crippen molar-refractivity contribution < 1.29 is 13.5 Å². The number of pyridine rings is 1. The number of nitrogens with one attached hydrogen (secondary N) is 1. The lowest BCUT2D eigenvalue weighted by Crippen LogP contribution is -2.24. The van der Waals surface area contributed by atoms with Gasteiger partial charge in [0.25, 0.3) is 11.6 Å². The first-order valence-corrected chi connectivity index (χ1v) is 8.91. The maximum atomic E-state index is 5.56. The number of hydrogen-bond donors (Lipinski definition) is 1. The second-order valence-corrected chi connectivity index (χ2v) is 6.84. The topological polar surface area (TPSA) is 103 Å².